The van der Waals surface area contributed by atoms with E-state index in [9.17, 15) is 36.6 Å². The Kier molecular flexibility index (Phi) is 9.23. The molecule has 1 aliphatic heterocycles. The van der Waals surface area contributed by atoms with Gasteiger partial charge in [-0.25, -0.2) is 18.2 Å². The zero-order valence-corrected chi connectivity index (χ0v) is 24.0. The summed E-state index contributed by atoms with van der Waals surface area (Å²) in [6.07, 6.45) is -2.57. The van der Waals surface area contributed by atoms with Crippen LogP contribution in [0.4, 0.5) is 13.2 Å². The summed E-state index contributed by atoms with van der Waals surface area (Å²) in [5.41, 5.74) is -0.0267. The molecule has 0 aliphatic carbocycles. The monoisotopic (exact) mass is 628 g/mol. The van der Waals surface area contributed by atoms with Crippen molar-refractivity contribution in [2.24, 2.45) is 0 Å². The minimum atomic E-state index is -4.19. The lowest BCUT2D eigenvalue weighted by Gasteiger charge is -2.37. The number of carbonyl (C=O) groups is 1. The van der Waals surface area contributed by atoms with E-state index in [4.69, 9.17) is 8.92 Å². The minimum absolute atomic E-state index is 0.0873. The number of benzene rings is 2. The number of aliphatic hydroxyl groups excluding tert-OH is 2. The molecule has 5 rings (SSSR count). The van der Waals surface area contributed by atoms with Gasteiger partial charge in [0.1, 0.15) is 41.0 Å². The molecule has 9 nitrogen and oxygen atoms in total. The fourth-order valence-corrected chi connectivity index (χ4v) is 5.80. The summed E-state index contributed by atoms with van der Waals surface area (Å²) in [5, 5.41) is 21.1. The smallest absolute Gasteiger partial charge is 0.297 e. The van der Waals surface area contributed by atoms with Gasteiger partial charge in [0.15, 0.2) is 5.78 Å². The first-order valence-corrected chi connectivity index (χ1v) is 14.9. The number of hydrogen-bond acceptors (Lipinski definition) is 9. The Morgan fingerprint density at radius 3 is 2.41 bits per heavy atom. The van der Waals surface area contributed by atoms with Crippen LogP contribution >= 0.6 is 0 Å². The van der Waals surface area contributed by atoms with Crippen molar-refractivity contribution < 1.29 is 45.5 Å². The van der Waals surface area contributed by atoms with E-state index in [1.165, 1.54) is 30.6 Å². The number of aryl methyl sites for hydroxylation is 1. The second-order valence-electron chi connectivity index (χ2n) is 10.3. The first-order chi connectivity index (χ1) is 20.9. The molecule has 4 atom stereocenters. The van der Waals surface area contributed by atoms with Crippen LogP contribution in [0.1, 0.15) is 39.7 Å². The van der Waals surface area contributed by atoms with Crippen molar-refractivity contribution in [1.82, 2.24) is 9.97 Å². The summed E-state index contributed by atoms with van der Waals surface area (Å²) in [6, 6.07) is 12.5. The maximum atomic E-state index is 14.5. The molecule has 1 fully saturated rings. The van der Waals surface area contributed by atoms with Crippen molar-refractivity contribution in [3.05, 3.63) is 113 Å². The third-order valence-corrected chi connectivity index (χ3v) is 8.53. The number of pyridine rings is 2. The Hall–Kier alpha value is -4.01. The van der Waals surface area contributed by atoms with E-state index in [-0.39, 0.29) is 23.4 Å². The van der Waals surface area contributed by atoms with Crippen molar-refractivity contribution in [3.8, 4) is 11.3 Å². The van der Waals surface area contributed by atoms with E-state index in [1.807, 2.05) is 0 Å². The van der Waals surface area contributed by atoms with Crippen LogP contribution in [0, 0.1) is 24.4 Å². The van der Waals surface area contributed by atoms with Gasteiger partial charge in [0.25, 0.3) is 10.1 Å². The highest BCUT2D eigenvalue weighted by Crippen LogP contribution is 2.35. The van der Waals surface area contributed by atoms with Crippen LogP contribution < -0.4 is 0 Å². The molecule has 0 saturated carbocycles. The van der Waals surface area contributed by atoms with Crippen molar-refractivity contribution in [2.45, 2.75) is 49.1 Å². The molecule has 0 amide bonds. The van der Waals surface area contributed by atoms with Crippen LogP contribution in [0.25, 0.3) is 11.3 Å². The molecule has 2 N–H and O–H groups in total. The maximum absolute atomic E-state index is 14.5. The van der Waals surface area contributed by atoms with E-state index in [0.717, 1.165) is 35.9 Å². The van der Waals surface area contributed by atoms with Crippen LogP contribution in [-0.2, 0) is 25.5 Å². The van der Waals surface area contributed by atoms with Gasteiger partial charge in [0.05, 0.1) is 29.3 Å². The van der Waals surface area contributed by atoms with E-state index in [1.54, 1.807) is 19.1 Å². The lowest BCUT2D eigenvalue weighted by molar-refractivity contribution is -0.178. The van der Waals surface area contributed by atoms with Gasteiger partial charge < -0.3 is 14.9 Å². The molecule has 4 aromatic rings. The van der Waals surface area contributed by atoms with Crippen LogP contribution in [0.5, 0.6) is 0 Å². The summed E-state index contributed by atoms with van der Waals surface area (Å²) in [4.78, 5) is 21.1. The van der Waals surface area contributed by atoms with Crippen molar-refractivity contribution in [3.63, 3.8) is 0 Å². The lowest BCUT2D eigenvalue weighted by Crippen LogP contribution is -2.48. The van der Waals surface area contributed by atoms with E-state index in [0.29, 0.717) is 11.1 Å². The number of ketones is 1. The number of ether oxygens (including phenoxy) is 1. The van der Waals surface area contributed by atoms with Crippen molar-refractivity contribution in [2.75, 3.05) is 6.61 Å². The Balaban J connectivity index is 1.35. The molecule has 0 spiro atoms. The molecule has 1 aliphatic rings. The number of aromatic nitrogens is 2. The van der Waals surface area contributed by atoms with Crippen molar-refractivity contribution in [1.29, 1.82) is 0 Å². The topological polar surface area (TPSA) is 136 Å². The largest absolute Gasteiger partial charge is 0.390 e. The van der Waals surface area contributed by atoms with Crippen LogP contribution in [0.3, 0.4) is 0 Å². The van der Waals surface area contributed by atoms with Gasteiger partial charge in [-0.1, -0.05) is 23.8 Å². The quantitative estimate of drug-likeness (QED) is 0.206. The highest BCUT2D eigenvalue weighted by Gasteiger charge is 2.39. The summed E-state index contributed by atoms with van der Waals surface area (Å²) in [7, 11) is -4.19. The summed E-state index contributed by atoms with van der Waals surface area (Å²) in [6.45, 7) is 1.20. The predicted molar refractivity (Wildman–Crippen MR) is 150 cm³/mol. The normalized spacial score (nSPS) is 20.4. The van der Waals surface area contributed by atoms with Crippen LogP contribution in [0.2, 0.25) is 0 Å². The number of carbonyl (C=O) groups excluding carboxylic acids is 1. The highest BCUT2D eigenvalue weighted by atomic mass is 32.2. The van der Waals surface area contributed by atoms with Gasteiger partial charge in [0, 0.05) is 25.2 Å². The Labute approximate surface area is 251 Å². The number of rotatable bonds is 9. The van der Waals surface area contributed by atoms with E-state index in [2.05, 4.69) is 9.97 Å². The first-order valence-electron chi connectivity index (χ1n) is 13.5. The van der Waals surface area contributed by atoms with Crippen molar-refractivity contribution >= 4 is 15.9 Å². The molecular formula is C31H27F3N2O7S. The fraction of sp³-hybridized carbons (Fsp3) is 0.258. The molecule has 0 unspecified atom stereocenters. The third-order valence-electron chi connectivity index (χ3n) is 7.24. The molecule has 13 heteroatoms. The second-order valence-corrected chi connectivity index (χ2v) is 11.9. The Morgan fingerprint density at radius 2 is 1.70 bits per heavy atom. The van der Waals surface area contributed by atoms with Gasteiger partial charge in [-0.05, 0) is 60.5 Å². The van der Waals surface area contributed by atoms with E-state index < -0.39 is 75.6 Å². The average Bonchev–Trinajstić information content (AvgIpc) is 2.99. The van der Waals surface area contributed by atoms with E-state index >= 15 is 0 Å². The standard InChI is InChI=1S/C31H27F3N2O7S/c1-17-5-7-19(8-6-17)44(40,41)42-16-28-31(39)26(38)14-27(43-28)20-11-12-35-15-18(20)13-25(37)24-10-9-23(34)30(36-24)29-21(32)3-2-4-22(29)33/h2-12,15,26-28,31,38-39H,13-14,16H2,1H3/t26-,27-,28-,31+/m1/s1. The summed E-state index contributed by atoms with van der Waals surface area (Å²) < 4.78 is 79.7. The molecule has 44 heavy (non-hydrogen) atoms. The lowest BCUT2D eigenvalue weighted by atomic mass is 9.91. The predicted octanol–water partition coefficient (Wildman–Crippen LogP) is 4.25. The molecule has 1 saturated heterocycles. The summed E-state index contributed by atoms with van der Waals surface area (Å²) in [5.74, 6) is -3.74. The zero-order valence-electron chi connectivity index (χ0n) is 23.2. The van der Waals surface area contributed by atoms with Gasteiger partial charge in [-0.2, -0.15) is 8.42 Å². The number of nitrogens with zero attached hydrogens (tertiary/aromatic N) is 2. The molecule has 230 valence electrons. The number of Topliss-reactive ketones (excluding diaryl/α,β-unsaturated/α-hetero) is 1. The van der Waals surface area contributed by atoms with Crippen LogP contribution in [0.15, 0.2) is 78.0 Å². The fourth-order valence-electron chi connectivity index (χ4n) is 4.88. The van der Waals surface area contributed by atoms with Crippen LogP contribution in [-0.4, -0.2) is 59.3 Å². The first kappa shape index (κ1) is 31.4. The maximum Gasteiger partial charge on any atom is 0.297 e. The molecule has 0 radical (unpaired) electrons. The summed E-state index contributed by atoms with van der Waals surface area (Å²) >= 11 is 0. The Bertz CT molecular complexity index is 1770. The molecule has 3 heterocycles. The van der Waals surface area contributed by atoms with Gasteiger partial charge >= 0.3 is 0 Å². The van der Waals surface area contributed by atoms with Gasteiger partial charge in [-0.3, -0.25) is 14.0 Å². The van der Waals surface area contributed by atoms with Gasteiger partial charge in [0.2, 0.25) is 0 Å². The third kappa shape index (κ3) is 6.71. The molecular weight excluding hydrogens is 601 g/mol. The van der Waals surface area contributed by atoms with Gasteiger partial charge in [-0.15, -0.1) is 0 Å². The minimum Gasteiger partial charge on any atom is -0.390 e. The molecule has 2 aromatic carbocycles. The zero-order chi connectivity index (χ0) is 31.6. The number of halogens is 3. The Morgan fingerprint density at radius 1 is 1.00 bits per heavy atom. The number of aliphatic hydroxyl groups is 2. The average molecular weight is 629 g/mol. The number of hydrogen-bond donors (Lipinski definition) is 2. The highest BCUT2D eigenvalue weighted by molar-refractivity contribution is 7.86. The molecule has 0 bridgehead atoms. The SMILES string of the molecule is Cc1ccc(S(=O)(=O)OC[C@H]2O[C@@H](c3ccncc3CC(=O)c3ccc(F)c(-c4c(F)cccc4F)n3)C[C@@H](O)[C@@H]2O)cc1. The second kappa shape index (κ2) is 12.9. The molecule has 2 aromatic heterocycles.